The smallest absolute Gasteiger partial charge is 0.313 e. The van der Waals surface area contributed by atoms with E-state index in [2.05, 4.69) is 96.9 Å². The van der Waals surface area contributed by atoms with E-state index in [-0.39, 0.29) is 191 Å². The Morgan fingerprint density at radius 1 is 0.350 bits per heavy atom. The zero-order valence-electron chi connectivity index (χ0n) is 75.0. The molecule has 20 heteroatoms. The SMILES string of the molecule is CCC1OC(CC)C2C3OC(C(C(=O)OC)C3C(=O)OC3(CC)CCCC3)C12.CCC1OC(CC)C2C3OC(C(COC)C3C(=O)OC3(CC)CCCC3)C12.CCC1OC(CC)C2C3OC(C(COC4(CC)CC5CCC4C5)C3C(=O)OC3(CC)CCCC3)C12.CCC1OC(CC)C2C3OC(CC3C(C)C(=O)OC3(CC)CCCCC3)C12. The quantitative estimate of drug-likeness (QED) is 0.0524. The monoisotopic (exact) mass is 1640 g/mol. The average molecular weight is 1640 g/mol. The highest BCUT2D eigenvalue weighted by Gasteiger charge is 2.73. The van der Waals surface area contributed by atoms with Crippen molar-refractivity contribution < 1.29 is 95.0 Å². The maximum atomic E-state index is 14.0. The fraction of sp³-hybridized carbons (Fsp3) is 0.948. The summed E-state index contributed by atoms with van der Waals surface area (Å²) in [6, 6.07) is 0. The van der Waals surface area contributed by atoms with Crippen LogP contribution in [0.3, 0.4) is 0 Å². The normalized spacial score (nSPS) is 45.4. The van der Waals surface area contributed by atoms with Crippen molar-refractivity contribution >= 4 is 29.8 Å². The number of carbonyl (C=O) groups excluding carboxylic acids is 5. The Hall–Kier alpha value is -3.05. The van der Waals surface area contributed by atoms with Crippen molar-refractivity contribution in [3.8, 4) is 0 Å². The summed E-state index contributed by atoms with van der Waals surface area (Å²) < 4.78 is 94.1. The lowest BCUT2D eigenvalue weighted by Gasteiger charge is -2.41. The van der Waals surface area contributed by atoms with Gasteiger partial charge in [0.25, 0.3) is 0 Å². The number of hydrogen-bond donors (Lipinski definition) is 0. The van der Waals surface area contributed by atoms with Crippen LogP contribution in [0.25, 0.3) is 0 Å². The number of hydrogen-bond acceptors (Lipinski definition) is 20. The number of methoxy groups -OCH3 is 2. The van der Waals surface area contributed by atoms with Crippen molar-refractivity contribution in [1.82, 2.24) is 0 Å². The number of fused-ring (bicyclic) bond motifs is 22. The molecule has 18 fully saturated rings. The van der Waals surface area contributed by atoms with Crippen molar-refractivity contribution in [3.63, 3.8) is 0 Å². The van der Waals surface area contributed by atoms with Gasteiger partial charge in [-0.2, -0.15) is 0 Å². The topological polar surface area (TPSA) is 224 Å². The molecule has 35 atom stereocenters. The molecule has 0 N–H and O–H groups in total. The van der Waals surface area contributed by atoms with Gasteiger partial charge in [0.1, 0.15) is 22.4 Å². The Morgan fingerprint density at radius 3 is 1.05 bits per heavy atom. The zero-order chi connectivity index (χ0) is 82.8. The Balaban J connectivity index is 0.000000123. The van der Waals surface area contributed by atoms with Crippen LogP contribution in [0.4, 0.5) is 0 Å². The average Bonchev–Trinajstić information content (AvgIpc) is 1.56. The molecule has 12 aliphatic heterocycles. The van der Waals surface area contributed by atoms with Gasteiger partial charge in [-0.05, 0) is 230 Å². The summed E-state index contributed by atoms with van der Waals surface area (Å²) in [5.74, 6) is 2.31. The lowest BCUT2D eigenvalue weighted by Crippen LogP contribution is -2.50. The third-order valence-electron chi connectivity index (χ3n) is 35.6. The summed E-state index contributed by atoms with van der Waals surface area (Å²) >= 11 is 0. The van der Waals surface area contributed by atoms with Crippen LogP contribution in [-0.4, -0.2) is 183 Å². The maximum Gasteiger partial charge on any atom is 0.313 e. The van der Waals surface area contributed by atoms with E-state index in [1.807, 2.05) is 0 Å². The van der Waals surface area contributed by atoms with Crippen LogP contribution in [0.1, 0.15) is 322 Å². The summed E-state index contributed by atoms with van der Waals surface area (Å²) in [4.78, 5) is 66.5. The molecule has 6 aliphatic carbocycles. The predicted molar refractivity (Wildman–Crippen MR) is 441 cm³/mol. The molecule has 12 saturated heterocycles. The number of carbonyl (C=O) groups is 5. The fourth-order valence-corrected chi connectivity index (χ4v) is 29.4. The molecule has 20 nitrogen and oxygen atoms in total. The van der Waals surface area contributed by atoms with Gasteiger partial charge in [0.05, 0.1) is 153 Å². The summed E-state index contributed by atoms with van der Waals surface area (Å²) in [6.45, 7) is 31.6. The third-order valence-corrected chi connectivity index (χ3v) is 35.6. The molecular weight excluding hydrogens is 1490 g/mol. The van der Waals surface area contributed by atoms with Gasteiger partial charge in [0.2, 0.25) is 0 Å². The first-order valence-corrected chi connectivity index (χ1v) is 49.0. The van der Waals surface area contributed by atoms with Gasteiger partial charge in [-0.1, -0.05) is 103 Å². The Morgan fingerprint density at radius 2 is 0.692 bits per heavy atom. The molecular formula is C97H156O20. The van der Waals surface area contributed by atoms with Crippen LogP contribution in [0, 0.1) is 107 Å². The predicted octanol–water partition coefficient (Wildman–Crippen LogP) is 17.9. The van der Waals surface area contributed by atoms with Gasteiger partial charge in [-0.3, -0.25) is 24.0 Å². The van der Waals surface area contributed by atoms with Crippen LogP contribution < -0.4 is 0 Å². The summed E-state index contributed by atoms with van der Waals surface area (Å²) in [5, 5.41) is 0. The minimum Gasteiger partial charge on any atom is -0.469 e. The molecule has 6 saturated carbocycles. The summed E-state index contributed by atoms with van der Waals surface area (Å²) in [5.41, 5.74) is -1.09. The minimum atomic E-state index is -0.590. The van der Waals surface area contributed by atoms with Gasteiger partial charge in [0, 0.05) is 72.2 Å². The van der Waals surface area contributed by atoms with Crippen molar-refractivity contribution in [1.29, 1.82) is 0 Å². The number of ether oxygens (including phenoxy) is 15. The van der Waals surface area contributed by atoms with E-state index in [0.29, 0.717) is 66.8 Å². The van der Waals surface area contributed by atoms with E-state index < -0.39 is 11.8 Å². The first-order chi connectivity index (χ1) is 56.6. The maximum absolute atomic E-state index is 14.0. The minimum absolute atomic E-state index is 0.00968. The van der Waals surface area contributed by atoms with E-state index in [4.69, 9.17) is 71.1 Å². The standard InChI is InChI=1S/C30H48O5.C23H38O4.C22H34O6.C22H36O5/c1-5-21-24-25(22(6-2)33-21)27-23(28(31)35-29(7-3)13-9-10-14-29)20(26(24)34-27)17-32-30(8-4)16-18-11-12-19(30)15-18;1-5-16-19-18-13-15(21(26-18)20(19)17(6-2)25-16)14(4)22(24)27-23(7-3)11-9-8-10-12-23;1-5-12-14-15(13(6-2)26-12)19-17(16(18(14)27-19)20(23)25-4)21(24)28-22(7-3)10-8-9-11-22;1-5-14-17-18(15(6-2)25-14)20-16(13(12-24-4)19(17)26-20)21(23)27-22(7-3)10-8-9-11-22/h18-27H,5-17H2,1-4H3;14-21H,5-13H2,1-4H3;12-19H,5-11H2,1-4H3;13-20H,5-12H2,1-4H3. The molecule has 117 heavy (non-hydrogen) atoms. The van der Waals surface area contributed by atoms with Crippen molar-refractivity contribution in [2.45, 2.75) is 447 Å². The van der Waals surface area contributed by atoms with Crippen LogP contribution in [0.2, 0.25) is 0 Å². The second-order valence-electron chi connectivity index (χ2n) is 40.5. The van der Waals surface area contributed by atoms with Gasteiger partial charge in [-0.25, -0.2) is 0 Å². The number of esters is 5. The third kappa shape index (κ3) is 15.9. The van der Waals surface area contributed by atoms with Gasteiger partial charge < -0.3 is 71.1 Å². The molecule has 18 rings (SSSR count). The van der Waals surface area contributed by atoms with Crippen molar-refractivity contribution in [2.75, 3.05) is 27.4 Å². The molecule has 664 valence electrons. The molecule has 12 heterocycles. The highest BCUT2D eigenvalue weighted by Crippen LogP contribution is 2.64. The van der Waals surface area contributed by atoms with Gasteiger partial charge in [0.15, 0.2) is 0 Å². The number of rotatable bonds is 28. The van der Waals surface area contributed by atoms with Crippen LogP contribution in [0.15, 0.2) is 0 Å². The van der Waals surface area contributed by atoms with Crippen LogP contribution in [0.5, 0.6) is 0 Å². The fourth-order valence-electron chi connectivity index (χ4n) is 29.4. The van der Waals surface area contributed by atoms with Crippen molar-refractivity contribution in [2.24, 2.45) is 107 Å². The molecule has 0 aromatic rings. The largest absolute Gasteiger partial charge is 0.469 e. The molecule has 35 unspecified atom stereocenters. The Bertz CT molecular complexity index is 3340. The van der Waals surface area contributed by atoms with E-state index in [0.717, 1.165) is 186 Å². The molecule has 0 aromatic carbocycles. The molecule has 0 radical (unpaired) electrons. The molecule has 10 bridgehead atoms. The van der Waals surface area contributed by atoms with Crippen molar-refractivity contribution in [3.05, 3.63) is 0 Å². The molecule has 18 aliphatic rings. The lowest BCUT2D eigenvalue weighted by molar-refractivity contribution is -0.173. The van der Waals surface area contributed by atoms with Crippen LogP contribution >= 0.6 is 0 Å². The highest BCUT2D eigenvalue weighted by atomic mass is 16.6. The van der Waals surface area contributed by atoms with Gasteiger partial charge in [-0.15, -0.1) is 0 Å². The zero-order valence-corrected chi connectivity index (χ0v) is 75.0. The highest BCUT2D eigenvalue weighted by molar-refractivity contribution is 5.85. The summed E-state index contributed by atoms with van der Waals surface area (Å²) in [6.07, 6.45) is 38.4. The molecule has 0 aromatic heterocycles. The van der Waals surface area contributed by atoms with E-state index in [1.165, 1.54) is 52.1 Å². The van der Waals surface area contributed by atoms with E-state index in [1.54, 1.807) is 7.11 Å². The second kappa shape index (κ2) is 36.9. The lowest BCUT2D eigenvalue weighted by atomic mass is 9.65. The second-order valence-corrected chi connectivity index (χ2v) is 40.5. The molecule has 0 amide bonds. The van der Waals surface area contributed by atoms with Crippen LogP contribution in [-0.2, 0) is 95.0 Å². The van der Waals surface area contributed by atoms with E-state index in [9.17, 15) is 24.0 Å². The van der Waals surface area contributed by atoms with E-state index >= 15 is 0 Å². The first kappa shape index (κ1) is 88.8. The first-order valence-electron chi connectivity index (χ1n) is 49.0. The summed E-state index contributed by atoms with van der Waals surface area (Å²) in [7, 11) is 3.10. The Kier molecular flexibility index (Phi) is 28.0. The Labute approximate surface area is 702 Å². The molecule has 0 spiro atoms. The van der Waals surface area contributed by atoms with Gasteiger partial charge >= 0.3 is 29.8 Å².